The zero-order chi connectivity index (χ0) is 26.9. The number of rotatable bonds is 7. The number of alkyl halides is 4. The molecule has 4 saturated carbocycles. The highest BCUT2D eigenvalue weighted by molar-refractivity contribution is 5.69. The van der Waals surface area contributed by atoms with Crippen LogP contribution in [-0.2, 0) is 11.3 Å². The molecule has 4 heterocycles. The lowest BCUT2D eigenvalue weighted by atomic mass is 9.50. The summed E-state index contributed by atoms with van der Waals surface area (Å²) < 4.78 is 60.7. The molecule has 0 aromatic carbocycles. The molecular formula is C25H28F4N8O2. The quantitative estimate of drug-likeness (QED) is 0.382. The van der Waals surface area contributed by atoms with Gasteiger partial charge in [-0.25, -0.2) is 19.2 Å². The van der Waals surface area contributed by atoms with Gasteiger partial charge in [-0.15, -0.1) is 0 Å². The lowest BCUT2D eigenvalue weighted by Gasteiger charge is -2.61. The molecule has 4 aliphatic carbocycles. The summed E-state index contributed by atoms with van der Waals surface area (Å²) in [6.07, 6.45) is 0.334. The van der Waals surface area contributed by atoms with Gasteiger partial charge < -0.3 is 15.4 Å². The minimum absolute atomic E-state index is 0.0364. The van der Waals surface area contributed by atoms with E-state index in [0.29, 0.717) is 48.2 Å². The first kappa shape index (κ1) is 24.6. The van der Waals surface area contributed by atoms with Crippen LogP contribution in [0.25, 0.3) is 5.65 Å². The molecule has 0 unspecified atom stereocenters. The fourth-order valence-corrected chi connectivity index (χ4v) is 6.37. The van der Waals surface area contributed by atoms with Gasteiger partial charge in [0.15, 0.2) is 5.82 Å². The first-order chi connectivity index (χ1) is 18.6. The first-order valence-electron chi connectivity index (χ1n) is 13.2. The van der Waals surface area contributed by atoms with Gasteiger partial charge in [0.1, 0.15) is 17.9 Å². The Kier molecular flexibility index (Phi) is 5.55. The number of alkyl carbamates (subject to hydrolysis) is 1. The number of fused-ring (bicyclic) bond motifs is 1. The number of amides is 1. The summed E-state index contributed by atoms with van der Waals surface area (Å²) in [5, 5.41) is 13.2. The van der Waals surface area contributed by atoms with E-state index in [-0.39, 0.29) is 18.6 Å². The predicted octanol–water partition coefficient (Wildman–Crippen LogP) is 4.05. The standard InChI is InChI=1S/C25H28F4N8O2/c26-21-16(1-2-18(21)39-23(38)33-24-6-13(7-24)8-24)17-5-19(35-34-17)32-22-30-4-3-20-31-15(12-37(20)22)11-36-9-14(10-36)25(27,28)29/h3-5,12-14,16,18,21H,1-2,6-11H2,(H,33,38)(H2,30,32,34,35)/t13?,16-,18-,21+,24?/m0/s1. The van der Waals surface area contributed by atoms with Crippen LogP contribution in [0.2, 0.25) is 0 Å². The molecule has 0 radical (unpaired) electrons. The third kappa shape index (κ3) is 4.47. The van der Waals surface area contributed by atoms with Crippen molar-refractivity contribution in [2.75, 3.05) is 18.4 Å². The average molecular weight is 549 g/mol. The Morgan fingerprint density at radius 2 is 2.03 bits per heavy atom. The zero-order valence-electron chi connectivity index (χ0n) is 20.9. The lowest BCUT2D eigenvalue weighted by molar-refractivity contribution is -0.210. The first-order valence-corrected chi connectivity index (χ1v) is 13.2. The van der Waals surface area contributed by atoms with Gasteiger partial charge in [0, 0.05) is 55.2 Å². The van der Waals surface area contributed by atoms with E-state index in [0.717, 1.165) is 25.2 Å². The maximum atomic E-state index is 15.2. The van der Waals surface area contributed by atoms with E-state index in [9.17, 15) is 18.0 Å². The van der Waals surface area contributed by atoms with E-state index in [1.54, 1.807) is 33.8 Å². The van der Waals surface area contributed by atoms with Crippen molar-refractivity contribution in [1.82, 2.24) is 34.8 Å². The van der Waals surface area contributed by atoms with Gasteiger partial charge >= 0.3 is 12.3 Å². The summed E-state index contributed by atoms with van der Waals surface area (Å²) in [4.78, 5) is 22.8. The van der Waals surface area contributed by atoms with Gasteiger partial charge in [0.05, 0.1) is 11.6 Å². The summed E-state index contributed by atoms with van der Waals surface area (Å²) in [6, 6.07) is 3.41. The number of carbonyl (C=O) groups is 1. The smallest absolute Gasteiger partial charge is 0.407 e. The molecule has 3 aromatic heterocycles. The van der Waals surface area contributed by atoms with Gasteiger partial charge in [-0.2, -0.15) is 18.3 Å². The topological polar surface area (TPSA) is 112 Å². The van der Waals surface area contributed by atoms with Crippen LogP contribution in [0.1, 0.15) is 49.4 Å². The minimum atomic E-state index is -4.17. The van der Waals surface area contributed by atoms with Crippen LogP contribution < -0.4 is 10.6 Å². The number of H-pyrrole nitrogens is 1. The third-order valence-electron chi connectivity index (χ3n) is 8.64. The van der Waals surface area contributed by atoms with Crippen LogP contribution in [-0.4, -0.2) is 72.6 Å². The fourth-order valence-electron chi connectivity index (χ4n) is 6.37. The van der Waals surface area contributed by atoms with Crippen molar-refractivity contribution in [3.8, 4) is 0 Å². The number of aromatic amines is 1. The molecule has 5 fully saturated rings. The number of ether oxygens (including phenoxy) is 1. The van der Waals surface area contributed by atoms with Crippen LogP contribution in [0, 0.1) is 11.8 Å². The Morgan fingerprint density at radius 1 is 1.23 bits per heavy atom. The fraction of sp³-hybridized carbons (Fsp3) is 0.600. The SMILES string of the molecule is O=C(NC12CC(C1)C2)O[C@H]1CC[C@@H](c2cc(Nc3nccc4nc(CN5CC(C(F)(F)F)C5)cn34)n[nH]2)[C@H]1F. The van der Waals surface area contributed by atoms with Crippen molar-refractivity contribution in [3.63, 3.8) is 0 Å². The van der Waals surface area contributed by atoms with Crippen molar-refractivity contribution in [2.24, 2.45) is 11.8 Å². The van der Waals surface area contributed by atoms with E-state index >= 15 is 4.39 Å². The van der Waals surface area contributed by atoms with Crippen molar-refractivity contribution in [1.29, 1.82) is 0 Å². The largest absolute Gasteiger partial charge is 0.443 e. The molecule has 208 valence electrons. The number of hydrogen-bond acceptors (Lipinski definition) is 7. The highest BCUT2D eigenvalue weighted by Gasteiger charge is 2.58. The van der Waals surface area contributed by atoms with Crippen LogP contribution >= 0.6 is 0 Å². The van der Waals surface area contributed by atoms with Crippen molar-refractivity contribution < 1.29 is 27.1 Å². The Bertz CT molecular complexity index is 1380. The number of likely N-dealkylation sites (tertiary alicyclic amines) is 1. The van der Waals surface area contributed by atoms with Gasteiger partial charge in [-0.3, -0.25) is 14.4 Å². The minimum Gasteiger partial charge on any atom is -0.443 e. The number of imidazole rings is 1. The average Bonchev–Trinajstić information content (AvgIpc) is 3.51. The molecule has 3 atom stereocenters. The molecule has 10 nitrogen and oxygen atoms in total. The normalized spacial score (nSPS) is 30.5. The number of nitrogens with zero attached hydrogens (tertiary/aromatic N) is 5. The Hall–Kier alpha value is -3.42. The molecule has 3 N–H and O–H groups in total. The lowest BCUT2D eigenvalue weighted by Crippen LogP contribution is -2.68. The molecule has 1 saturated heterocycles. The molecule has 14 heteroatoms. The van der Waals surface area contributed by atoms with E-state index < -0.39 is 36.4 Å². The molecule has 2 bridgehead atoms. The van der Waals surface area contributed by atoms with Gasteiger partial charge in [-0.05, 0) is 44.1 Å². The van der Waals surface area contributed by atoms with Crippen molar-refractivity contribution in [2.45, 2.75) is 68.6 Å². The monoisotopic (exact) mass is 548 g/mol. The number of aromatic nitrogens is 5. The van der Waals surface area contributed by atoms with E-state index in [2.05, 4.69) is 30.8 Å². The van der Waals surface area contributed by atoms with Gasteiger partial charge in [-0.1, -0.05) is 0 Å². The molecule has 1 aliphatic heterocycles. The van der Waals surface area contributed by atoms with Gasteiger partial charge in [0.25, 0.3) is 0 Å². The summed E-state index contributed by atoms with van der Waals surface area (Å²) in [6.45, 7) is 0.235. The summed E-state index contributed by atoms with van der Waals surface area (Å²) in [5.74, 6) is -0.217. The second kappa shape index (κ2) is 8.80. The van der Waals surface area contributed by atoms with Crippen LogP contribution in [0.15, 0.2) is 24.5 Å². The van der Waals surface area contributed by atoms with Crippen molar-refractivity contribution >= 4 is 23.5 Å². The molecule has 5 aliphatic rings. The maximum absolute atomic E-state index is 15.2. The third-order valence-corrected chi connectivity index (χ3v) is 8.64. The Balaban J connectivity index is 0.975. The second-order valence-corrected chi connectivity index (χ2v) is 11.5. The number of nitrogens with one attached hydrogen (secondary N) is 3. The number of hydrogen-bond donors (Lipinski definition) is 3. The molecule has 8 rings (SSSR count). The molecule has 3 aromatic rings. The Morgan fingerprint density at radius 3 is 2.74 bits per heavy atom. The summed E-state index contributed by atoms with van der Waals surface area (Å²) in [7, 11) is 0. The van der Waals surface area contributed by atoms with Crippen molar-refractivity contribution in [3.05, 3.63) is 35.9 Å². The molecule has 0 spiro atoms. The molecule has 1 amide bonds. The van der Waals surface area contributed by atoms with Crippen LogP contribution in [0.5, 0.6) is 0 Å². The zero-order valence-corrected chi connectivity index (χ0v) is 20.9. The van der Waals surface area contributed by atoms with E-state index in [4.69, 9.17) is 4.74 Å². The van der Waals surface area contributed by atoms with Crippen LogP contribution in [0.3, 0.4) is 0 Å². The molecule has 39 heavy (non-hydrogen) atoms. The summed E-state index contributed by atoms with van der Waals surface area (Å²) >= 11 is 0. The predicted molar refractivity (Wildman–Crippen MR) is 130 cm³/mol. The molecular weight excluding hydrogens is 520 g/mol. The highest BCUT2D eigenvalue weighted by Crippen LogP contribution is 2.57. The number of halogens is 4. The Labute approximate surface area is 220 Å². The van der Waals surface area contributed by atoms with E-state index in [1.807, 2.05) is 0 Å². The second-order valence-electron chi connectivity index (χ2n) is 11.5. The van der Waals surface area contributed by atoms with E-state index in [1.165, 1.54) is 0 Å². The van der Waals surface area contributed by atoms with Crippen LogP contribution in [0.4, 0.5) is 34.1 Å². The number of carbonyl (C=O) groups excluding carboxylic acids is 1. The number of anilines is 2. The summed E-state index contributed by atoms with van der Waals surface area (Å²) in [5.41, 5.74) is 1.69. The maximum Gasteiger partial charge on any atom is 0.407 e. The highest BCUT2D eigenvalue weighted by atomic mass is 19.4. The van der Waals surface area contributed by atoms with Gasteiger partial charge in [0.2, 0.25) is 5.95 Å².